The van der Waals surface area contributed by atoms with E-state index in [0.29, 0.717) is 18.0 Å². The maximum Gasteiger partial charge on any atom is 0.224 e. The lowest BCUT2D eigenvalue weighted by atomic mass is 9.93. The van der Waals surface area contributed by atoms with Gasteiger partial charge in [0.05, 0.1) is 5.69 Å². The van der Waals surface area contributed by atoms with Crippen LogP contribution in [0.5, 0.6) is 0 Å². The monoisotopic (exact) mass is 307 g/mol. The quantitative estimate of drug-likeness (QED) is 0.783. The number of piperidine rings is 1. The van der Waals surface area contributed by atoms with Gasteiger partial charge in [-0.25, -0.2) is 4.39 Å². The SMILES string of the molecule is CC(=O)Nc1ccc(F)c(NC(=O)CCC2CCNCC2)c1. The third-order valence-electron chi connectivity index (χ3n) is 3.80. The highest BCUT2D eigenvalue weighted by atomic mass is 19.1. The van der Waals surface area contributed by atoms with Crippen LogP contribution in [0, 0.1) is 11.7 Å². The summed E-state index contributed by atoms with van der Waals surface area (Å²) >= 11 is 0. The Balaban J connectivity index is 1.88. The summed E-state index contributed by atoms with van der Waals surface area (Å²) < 4.78 is 13.7. The molecule has 1 aromatic carbocycles. The second-order valence-corrected chi connectivity index (χ2v) is 5.66. The minimum atomic E-state index is -0.510. The van der Waals surface area contributed by atoms with Crippen molar-refractivity contribution in [2.75, 3.05) is 23.7 Å². The van der Waals surface area contributed by atoms with E-state index in [1.165, 1.54) is 25.1 Å². The standard InChI is InChI=1S/C16H22FN3O2/c1-11(21)19-13-3-4-14(17)15(10-13)20-16(22)5-2-12-6-8-18-9-7-12/h3-4,10,12,18H,2,5-9H2,1H3,(H,19,21)(H,20,22). The first-order valence-electron chi connectivity index (χ1n) is 7.62. The molecule has 1 fully saturated rings. The Hall–Kier alpha value is -1.95. The normalized spacial score (nSPS) is 15.4. The van der Waals surface area contributed by atoms with Gasteiger partial charge in [-0.15, -0.1) is 0 Å². The van der Waals surface area contributed by atoms with Gasteiger partial charge in [0.2, 0.25) is 11.8 Å². The molecule has 1 saturated heterocycles. The smallest absolute Gasteiger partial charge is 0.224 e. The van der Waals surface area contributed by atoms with Crippen molar-refractivity contribution in [1.82, 2.24) is 5.32 Å². The molecule has 0 aliphatic carbocycles. The van der Waals surface area contributed by atoms with Crippen LogP contribution < -0.4 is 16.0 Å². The molecule has 1 aliphatic heterocycles. The summed E-state index contributed by atoms with van der Waals surface area (Å²) in [7, 11) is 0. The van der Waals surface area contributed by atoms with Gasteiger partial charge in [0.15, 0.2) is 0 Å². The number of carbonyl (C=O) groups excluding carboxylic acids is 2. The third-order valence-corrected chi connectivity index (χ3v) is 3.80. The van der Waals surface area contributed by atoms with Crippen molar-refractivity contribution in [2.45, 2.75) is 32.6 Å². The van der Waals surface area contributed by atoms with E-state index in [4.69, 9.17) is 0 Å². The first-order valence-corrected chi connectivity index (χ1v) is 7.62. The van der Waals surface area contributed by atoms with Gasteiger partial charge in [-0.3, -0.25) is 9.59 Å². The Morgan fingerprint density at radius 2 is 2.00 bits per heavy atom. The molecule has 3 N–H and O–H groups in total. The maximum atomic E-state index is 13.7. The highest BCUT2D eigenvalue weighted by Gasteiger charge is 2.15. The third kappa shape index (κ3) is 5.11. The number of hydrogen-bond acceptors (Lipinski definition) is 3. The number of halogens is 1. The lowest BCUT2D eigenvalue weighted by Crippen LogP contribution is -2.28. The first kappa shape index (κ1) is 16.4. The number of nitrogens with one attached hydrogen (secondary N) is 3. The Kier molecular flexibility index (Phi) is 5.89. The number of carbonyl (C=O) groups is 2. The van der Waals surface area contributed by atoms with Gasteiger partial charge in [-0.05, 0) is 56.5 Å². The molecule has 2 amide bonds. The second-order valence-electron chi connectivity index (χ2n) is 5.66. The fraction of sp³-hybridized carbons (Fsp3) is 0.500. The van der Waals surface area contributed by atoms with E-state index in [0.717, 1.165) is 32.4 Å². The molecule has 0 saturated carbocycles. The maximum absolute atomic E-state index is 13.7. The minimum absolute atomic E-state index is 0.0987. The molecule has 0 spiro atoms. The van der Waals surface area contributed by atoms with E-state index in [1.54, 1.807) is 0 Å². The van der Waals surface area contributed by atoms with Crippen molar-refractivity contribution in [3.05, 3.63) is 24.0 Å². The van der Waals surface area contributed by atoms with Crippen LogP contribution in [0.15, 0.2) is 18.2 Å². The molecule has 1 aromatic rings. The Morgan fingerprint density at radius 3 is 2.68 bits per heavy atom. The van der Waals surface area contributed by atoms with Crippen LogP contribution in [0.4, 0.5) is 15.8 Å². The molecule has 0 aromatic heterocycles. The summed E-state index contributed by atoms with van der Waals surface area (Å²) in [4.78, 5) is 23.0. The number of rotatable bonds is 5. The summed E-state index contributed by atoms with van der Waals surface area (Å²) in [5.74, 6) is -0.390. The van der Waals surface area contributed by atoms with E-state index in [-0.39, 0.29) is 17.5 Å². The summed E-state index contributed by atoms with van der Waals surface area (Å²) in [6.07, 6.45) is 3.37. The summed E-state index contributed by atoms with van der Waals surface area (Å²) in [6, 6.07) is 4.12. The molecule has 1 aliphatic rings. The van der Waals surface area contributed by atoms with E-state index < -0.39 is 5.82 Å². The Bertz CT molecular complexity index is 542. The number of anilines is 2. The van der Waals surface area contributed by atoms with Gasteiger partial charge in [-0.1, -0.05) is 0 Å². The van der Waals surface area contributed by atoms with E-state index in [1.807, 2.05) is 0 Å². The topological polar surface area (TPSA) is 70.2 Å². The highest BCUT2D eigenvalue weighted by Crippen LogP contribution is 2.21. The van der Waals surface area contributed by atoms with Crippen LogP contribution in [0.25, 0.3) is 0 Å². The van der Waals surface area contributed by atoms with Crippen molar-refractivity contribution >= 4 is 23.2 Å². The average molecular weight is 307 g/mol. The van der Waals surface area contributed by atoms with Gasteiger partial charge >= 0.3 is 0 Å². The van der Waals surface area contributed by atoms with Crippen molar-refractivity contribution < 1.29 is 14.0 Å². The zero-order valence-corrected chi connectivity index (χ0v) is 12.7. The van der Waals surface area contributed by atoms with Crippen LogP contribution in [0.1, 0.15) is 32.6 Å². The molecule has 6 heteroatoms. The largest absolute Gasteiger partial charge is 0.326 e. The molecule has 0 radical (unpaired) electrons. The van der Waals surface area contributed by atoms with Gasteiger partial charge < -0.3 is 16.0 Å². The van der Waals surface area contributed by atoms with Crippen LogP contribution in [0.2, 0.25) is 0 Å². The number of hydrogen-bond donors (Lipinski definition) is 3. The highest BCUT2D eigenvalue weighted by molar-refractivity contribution is 5.93. The first-order chi connectivity index (χ1) is 10.5. The van der Waals surface area contributed by atoms with Crippen molar-refractivity contribution in [3.8, 4) is 0 Å². The molecule has 2 rings (SSSR count). The zero-order chi connectivity index (χ0) is 15.9. The molecule has 22 heavy (non-hydrogen) atoms. The van der Waals surface area contributed by atoms with E-state index in [9.17, 15) is 14.0 Å². The van der Waals surface area contributed by atoms with Gasteiger partial charge in [0.25, 0.3) is 0 Å². The lowest BCUT2D eigenvalue weighted by molar-refractivity contribution is -0.116. The second kappa shape index (κ2) is 7.89. The molecule has 1 heterocycles. The molecule has 5 nitrogen and oxygen atoms in total. The predicted octanol–water partition coefficient (Wildman–Crippen LogP) is 2.50. The summed E-state index contributed by atoms with van der Waals surface area (Å²) in [5, 5.41) is 8.43. The Labute approximate surface area is 129 Å². The van der Waals surface area contributed by atoms with Gasteiger partial charge in [0.1, 0.15) is 5.82 Å². The molecule has 120 valence electrons. The van der Waals surface area contributed by atoms with Crippen LogP contribution in [0.3, 0.4) is 0 Å². The van der Waals surface area contributed by atoms with Gasteiger partial charge in [0, 0.05) is 19.0 Å². The van der Waals surface area contributed by atoms with Crippen LogP contribution >= 0.6 is 0 Å². The zero-order valence-electron chi connectivity index (χ0n) is 12.7. The molecule has 0 unspecified atom stereocenters. The van der Waals surface area contributed by atoms with E-state index in [2.05, 4.69) is 16.0 Å². The molecular formula is C16H22FN3O2. The molecule has 0 atom stereocenters. The minimum Gasteiger partial charge on any atom is -0.326 e. The van der Waals surface area contributed by atoms with Gasteiger partial charge in [-0.2, -0.15) is 0 Å². The van der Waals surface area contributed by atoms with Crippen molar-refractivity contribution in [3.63, 3.8) is 0 Å². The molecule has 0 bridgehead atoms. The average Bonchev–Trinajstić information content (AvgIpc) is 2.49. The van der Waals surface area contributed by atoms with Crippen LogP contribution in [-0.4, -0.2) is 24.9 Å². The Morgan fingerprint density at radius 1 is 1.27 bits per heavy atom. The fourth-order valence-electron chi connectivity index (χ4n) is 2.62. The number of amides is 2. The van der Waals surface area contributed by atoms with Crippen molar-refractivity contribution in [2.24, 2.45) is 5.92 Å². The lowest BCUT2D eigenvalue weighted by Gasteiger charge is -2.22. The van der Waals surface area contributed by atoms with Crippen LogP contribution in [-0.2, 0) is 9.59 Å². The predicted molar refractivity (Wildman–Crippen MR) is 84.2 cm³/mol. The fourth-order valence-corrected chi connectivity index (χ4v) is 2.62. The number of benzene rings is 1. The van der Waals surface area contributed by atoms with Crippen molar-refractivity contribution in [1.29, 1.82) is 0 Å². The summed E-state index contributed by atoms with van der Waals surface area (Å²) in [6.45, 7) is 3.37. The van der Waals surface area contributed by atoms with E-state index >= 15 is 0 Å². The summed E-state index contributed by atoms with van der Waals surface area (Å²) in [5.41, 5.74) is 0.559. The molecular weight excluding hydrogens is 285 g/mol.